The van der Waals surface area contributed by atoms with Gasteiger partial charge in [0.15, 0.2) is 5.84 Å². The monoisotopic (exact) mass is 764 g/mol. The molecule has 0 saturated carbocycles. The number of fused-ring (bicyclic) bond motifs is 9. The van der Waals surface area contributed by atoms with Crippen LogP contribution in [0.4, 0.5) is 0 Å². The Kier molecular flexibility index (Phi) is 6.36. The summed E-state index contributed by atoms with van der Waals surface area (Å²) in [6.45, 7) is 0. The zero-order chi connectivity index (χ0) is 42.5. The predicted molar refractivity (Wildman–Crippen MR) is 244 cm³/mol. The Labute approximate surface area is 345 Å². The van der Waals surface area contributed by atoms with Gasteiger partial charge < -0.3 is 9.73 Å². The fourth-order valence-corrected chi connectivity index (χ4v) is 9.90. The van der Waals surface area contributed by atoms with E-state index in [9.17, 15) is 0 Å². The standard InChI is InChI=1S/C53H33N3OS/c1-3-13-32(14-4-1)37-20-11-22-43-44-23-12-21-42(50(44)58-49(37)43)38-29-30-45(48-36-18-8-7-15-33(36)25-28-41(38)48)53-55-51(34-16-5-2-6-17-34)54-52(56-53)35-26-27-40-39-19-9-10-24-46(39)57-47(40)31-35/h1-31,52H,(H,54,55,56)/i1D,3D,4D,13D,14D. The van der Waals surface area contributed by atoms with E-state index in [1.165, 1.54) is 0 Å². The molecule has 2 aromatic heterocycles. The molecule has 1 unspecified atom stereocenters. The van der Waals surface area contributed by atoms with Crippen LogP contribution in [0.3, 0.4) is 0 Å². The lowest BCUT2D eigenvalue weighted by molar-refractivity contribution is 0.655. The Hall–Kier alpha value is -7.34. The van der Waals surface area contributed by atoms with Crippen molar-refractivity contribution < 1.29 is 11.3 Å². The minimum absolute atomic E-state index is 0.204. The van der Waals surface area contributed by atoms with Gasteiger partial charge >= 0.3 is 0 Å². The number of furan rings is 1. The first-order valence-electron chi connectivity index (χ1n) is 21.7. The van der Waals surface area contributed by atoms with Crippen LogP contribution < -0.4 is 5.32 Å². The minimum Gasteiger partial charge on any atom is -0.456 e. The lowest BCUT2D eigenvalue weighted by atomic mass is 9.90. The molecule has 0 bridgehead atoms. The Morgan fingerprint density at radius 3 is 2.07 bits per heavy atom. The van der Waals surface area contributed by atoms with Gasteiger partial charge in [-0.2, -0.15) is 0 Å². The molecule has 9 aromatic carbocycles. The number of nitrogens with one attached hydrogen (secondary N) is 1. The molecule has 11 aromatic rings. The van der Waals surface area contributed by atoms with E-state index in [4.69, 9.17) is 21.3 Å². The highest BCUT2D eigenvalue weighted by Gasteiger charge is 2.25. The van der Waals surface area contributed by atoms with Crippen LogP contribution in [0.25, 0.3) is 85.9 Å². The maximum absolute atomic E-state index is 8.80. The van der Waals surface area contributed by atoms with Crippen molar-refractivity contribution in [1.29, 1.82) is 0 Å². The van der Waals surface area contributed by atoms with Crippen LogP contribution in [0.1, 0.15) is 29.7 Å². The second-order valence-electron chi connectivity index (χ2n) is 14.5. The number of hydrogen-bond acceptors (Lipinski definition) is 5. The van der Waals surface area contributed by atoms with Gasteiger partial charge in [0.1, 0.15) is 23.2 Å². The Morgan fingerprint density at radius 1 is 0.517 bits per heavy atom. The van der Waals surface area contributed by atoms with E-state index in [-0.39, 0.29) is 29.7 Å². The van der Waals surface area contributed by atoms with Gasteiger partial charge in [-0.1, -0.05) is 170 Å². The second-order valence-corrected chi connectivity index (χ2v) is 15.5. The third kappa shape index (κ3) is 5.21. The first-order chi connectivity index (χ1) is 30.8. The van der Waals surface area contributed by atoms with Crippen LogP contribution in [0.2, 0.25) is 0 Å². The van der Waals surface area contributed by atoms with E-state index < -0.39 is 12.2 Å². The average Bonchev–Trinajstić information content (AvgIpc) is 3.91. The lowest BCUT2D eigenvalue weighted by Crippen LogP contribution is -2.33. The zero-order valence-electron chi connectivity index (χ0n) is 35.8. The van der Waals surface area contributed by atoms with Crippen LogP contribution in [0.15, 0.2) is 202 Å². The summed E-state index contributed by atoms with van der Waals surface area (Å²) < 4.78 is 50.8. The normalized spacial score (nSPS) is 15.6. The number of benzene rings is 9. The summed E-state index contributed by atoms with van der Waals surface area (Å²) in [4.78, 5) is 10.6. The molecule has 58 heavy (non-hydrogen) atoms. The van der Waals surface area contributed by atoms with E-state index >= 15 is 0 Å². The van der Waals surface area contributed by atoms with Gasteiger partial charge in [0.25, 0.3) is 0 Å². The summed E-state index contributed by atoms with van der Waals surface area (Å²) in [6.07, 6.45) is -0.459. The Balaban J connectivity index is 1.07. The van der Waals surface area contributed by atoms with Gasteiger partial charge in [-0.05, 0) is 51.0 Å². The van der Waals surface area contributed by atoms with Crippen LogP contribution in [0, 0.1) is 0 Å². The molecule has 1 atom stereocenters. The average molecular weight is 765 g/mol. The second kappa shape index (κ2) is 13.1. The molecular formula is C53H33N3OS. The molecule has 0 radical (unpaired) electrons. The van der Waals surface area contributed by atoms with Crippen molar-refractivity contribution in [1.82, 2.24) is 5.32 Å². The number of thiophene rings is 1. The highest BCUT2D eigenvalue weighted by Crippen LogP contribution is 2.46. The third-order valence-electron chi connectivity index (χ3n) is 11.2. The minimum atomic E-state index is -0.459. The SMILES string of the molecule is [2H]c1c([2H])c([2H])c(-c2cccc3c2sc2c(-c4ccc(C5=NC(c6ccc7c(c6)oc6ccccc67)NC(c6ccccc6)=N5)c5c4ccc4ccccc45)cccc23)c([2H])c1[2H]. The van der Waals surface area contributed by atoms with Crippen LogP contribution in [-0.4, -0.2) is 11.7 Å². The first-order valence-corrected chi connectivity index (χ1v) is 20.0. The summed E-state index contributed by atoms with van der Waals surface area (Å²) in [6, 6.07) is 52.2. The van der Waals surface area contributed by atoms with Gasteiger partial charge in [-0.15, -0.1) is 11.3 Å². The van der Waals surface area contributed by atoms with Crippen molar-refractivity contribution in [2.45, 2.75) is 6.17 Å². The van der Waals surface area contributed by atoms with Crippen LogP contribution in [0.5, 0.6) is 0 Å². The van der Waals surface area contributed by atoms with Gasteiger partial charge in [0, 0.05) is 58.6 Å². The van der Waals surface area contributed by atoms with E-state index in [1.54, 1.807) is 11.3 Å². The quantitative estimate of drug-likeness (QED) is 0.177. The Bertz CT molecular complexity index is 3770. The molecule has 1 aliphatic rings. The van der Waals surface area contributed by atoms with Crippen LogP contribution in [-0.2, 0) is 0 Å². The fourth-order valence-electron chi connectivity index (χ4n) is 8.56. The molecule has 3 heterocycles. The lowest BCUT2D eigenvalue weighted by Gasteiger charge is -2.24. The summed E-state index contributed by atoms with van der Waals surface area (Å²) in [5.41, 5.74) is 7.34. The van der Waals surface area contributed by atoms with Gasteiger partial charge in [-0.25, -0.2) is 9.98 Å². The maximum atomic E-state index is 8.80. The van der Waals surface area contributed by atoms with E-state index in [0.717, 1.165) is 97.3 Å². The molecule has 0 fully saturated rings. The fraction of sp³-hybridized carbons (Fsp3) is 0.0189. The molecule has 0 aliphatic carbocycles. The number of hydrogen-bond donors (Lipinski definition) is 1. The Morgan fingerprint density at radius 2 is 1.21 bits per heavy atom. The maximum Gasteiger partial charge on any atom is 0.160 e. The van der Waals surface area contributed by atoms with Crippen molar-refractivity contribution in [2.75, 3.05) is 0 Å². The summed E-state index contributed by atoms with van der Waals surface area (Å²) >= 11 is 1.58. The van der Waals surface area contributed by atoms with Gasteiger partial charge in [0.05, 0.1) is 6.85 Å². The van der Waals surface area contributed by atoms with Crippen molar-refractivity contribution >= 4 is 86.7 Å². The first kappa shape index (κ1) is 28.1. The summed E-state index contributed by atoms with van der Waals surface area (Å²) in [7, 11) is 0. The molecule has 5 heteroatoms. The molecule has 1 aliphatic heterocycles. The van der Waals surface area contributed by atoms with E-state index in [0.29, 0.717) is 11.4 Å². The number of nitrogens with zero attached hydrogens (tertiary/aromatic N) is 2. The number of aliphatic imine (C=N–C) groups is 2. The van der Waals surface area contributed by atoms with Crippen molar-refractivity contribution in [3.05, 3.63) is 205 Å². The molecule has 12 rings (SSSR count). The molecule has 1 N–H and O–H groups in total. The largest absolute Gasteiger partial charge is 0.456 e. The van der Waals surface area contributed by atoms with Crippen molar-refractivity contribution in [2.24, 2.45) is 9.98 Å². The smallest absolute Gasteiger partial charge is 0.160 e. The van der Waals surface area contributed by atoms with Crippen molar-refractivity contribution in [3.63, 3.8) is 0 Å². The predicted octanol–water partition coefficient (Wildman–Crippen LogP) is 14.1. The topological polar surface area (TPSA) is 49.9 Å². The number of para-hydroxylation sites is 1. The molecule has 0 amide bonds. The zero-order valence-corrected chi connectivity index (χ0v) is 31.6. The van der Waals surface area contributed by atoms with Gasteiger partial charge in [0.2, 0.25) is 0 Å². The third-order valence-corrected chi connectivity index (χ3v) is 12.5. The molecule has 0 spiro atoms. The highest BCUT2D eigenvalue weighted by atomic mass is 32.1. The highest BCUT2D eigenvalue weighted by molar-refractivity contribution is 7.26. The van der Waals surface area contributed by atoms with E-state index in [2.05, 4.69) is 108 Å². The molecule has 272 valence electrons. The van der Waals surface area contributed by atoms with E-state index in [1.807, 2.05) is 54.6 Å². The summed E-state index contributed by atoms with van der Waals surface area (Å²) in [5, 5.41) is 12.0. The van der Waals surface area contributed by atoms with Crippen LogP contribution >= 0.6 is 11.3 Å². The number of rotatable bonds is 5. The van der Waals surface area contributed by atoms with Gasteiger partial charge in [-0.3, -0.25) is 0 Å². The van der Waals surface area contributed by atoms with Crippen molar-refractivity contribution in [3.8, 4) is 22.3 Å². The number of amidine groups is 2. The molecular weight excluding hydrogens is 727 g/mol. The summed E-state index contributed by atoms with van der Waals surface area (Å²) in [5.74, 6) is 1.33. The molecule has 0 saturated heterocycles. The molecule has 4 nitrogen and oxygen atoms in total.